The molecule has 1 N–H and O–H groups in total. The normalized spacial score (nSPS) is 10.8. The minimum absolute atomic E-state index is 0.214. The molecule has 6 nitrogen and oxygen atoms in total. The van der Waals surface area contributed by atoms with Gasteiger partial charge in [-0.2, -0.15) is 0 Å². The van der Waals surface area contributed by atoms with Crippen LogP contribution in [0.5, 0.6) is 0 Å². The monoisotopic (exact) mass is 532 g/mol. The highest BCUT2D eigenvalue weighted by Crippen LogP contribution is 2.25. The second-order valence-corrected chi connectivity index (χ2v) is 9.66. The summed E-state index contributed by atoms with van der Waals surface area (Å²) in [4.78, 5) is 33.0. The minimum Gasteiger partial charge on any atom is -0.325 e. The van der Waals surface area contributed by atoms with Gasteiger partial charge in [0.15, 0.2) is 0 Å². The summed E-state index contributed by atoms with van der Waals surface area (Å²) in [5.41, 5.74) is 5.92. The van der Waals surface area contributed by atoms with E-state index in [0.717, 1.165) is 27.9 Å². The molecule has 40 heavy (non-hydrogen) atoms. The molecule has 0 saturated carbocycles. The topological polar surface area (TPSA) is 67.2 Å². The van der Waals surface area contributed by atoms with Gasteiger partial charge in [0.1, 0.15) is 12.4 Å². The molecule has 0 aliphatic carbocycles. The number of aromatic nitrogens is 2. The third-order valence-electron chi connectivity index (χ3n) is 6.72. The summed E-state index contributed by atoms with van der Waals surface area (Å²) in [6.07, 6.45) is 1.89. The van der Waals surface area contributed by atoms with Crippen molar-refractivity contribution in [3.8, 4) is 16.9 Å². The molecule has 0 aliphatic heterocycles. The van der Waals surface area contributed by atoms with Gasteiger partial charge in [0.25, 0.3) is 5.91 Å². The average Bonchev–Trinajstić information content (AvgIpc) is 3.39. The second-order valence-electron chi connectivity index (χ2n) is 9.66. The van der Waals surface area contributed by atoms with E-state index in [-0.39, 0.29) is 19.0 Å². The maximum atomic E-state index is 13.5. The molecule has 5 rings (SSSR count). The van der Waals surface area contributed by atoms with Crippen LogP contribution in [-0.2, 0) is 11.3 Å². The van der Waals surface area contributed by atoms with Crippen molar-refractivity contribution >= 4 is 17.8 Å². The fraction of sp³-hybridized carbons (Fsp3) is 0.121. The predicted molar refractivity (Wildman–Crippen MR) is 155 cm³/mol. The first-order chi connectivity index (χ1) is 19.4. The van der Waals surface area contributed by atoms with E-state index < -0.39 is 11.7 Å². The van der Waals surface area contributed by atoms with Gasteiger partial charge in [0.05, 0.1) is 5.69 Å². The SMILES string of the molecule is Cc1ccc(-n2cc(-c3ccccc3)nc2NC(=O)CN(Cc2ccccc2)C(=O)c2ccc(F)cc2)cc1C. The molecule has 7 heteroatoms. The number of imidazole rings is 1. The highest BCUT2D eigenvalue weighted by Gasteiger charge is 2.21. The number of hydrogen-bond acceptors (Lipinski definition) is 3. The van der Waals surface area contributed by atoms with Crippen LogP contribution >= 0.6 is 0 Å². The molecular formula is C33H29FN4O2. The predicted octanol–water partition coefficient (Wildman–Crippen LogP) is 6.58. The van der Waals surface area contributed by atoms with E-state index in [9.17, 15) is 14.0 Å². The Morgan fingerprint density at radius 2 is 1.52 bits per heavy atom. The van der Waals surface area contributed by atoms with Gasteiger partial charge >= 0.3 is 0 Å². The molecule has 4 aromatic carbocycles. The van der Waals surface area contributed by atoms with Crippen LogP contribution in [-0.4, -0.2) is 32.8 Å². The largest absolute Gasteiger partial charge is 0.325 e. The third-order valence-corrected chi connectivity index (χ3v) is 6.72. The van der Waals surface area contributed by atoms with E-state index in [1.165, 1.54) is 29.2 Å². The van der Waals surface area contributed by atoms with Crippen molar-refractivity contribution in [1.29, 1.82) is 0 Å². The zero-order valence-corrected chi connectivity index (χ0v) is 22.3. The van der Waals surface area contributed by atoms with Crippen LogP contribution in [0.2, 0.25) is 0 Å². The van der Waals surface area contributed by atoms with Crippen LogP contribution in [0.25, 0.3) is 16.9 Å². The molecule has 5 aromatic rings. The van der Waals surface area contributed by atoms with E-state index in [2.05, 4.69) is 5.32 Å². The summed E-state index contributed by atoms with van der Waals surface area (Å²) in [6, 6.07) is 30.5. The molecule has 1 aromatic heterocycles. The summed E-state index contributed by atoms with van der Waals surface area (Å²) in [5.74, 6) is -0.861. The maximum absolute atomic E-state index is 13.5. The molecule has 200 valence electrons. The van der Waals surface area contributed by atoms with Crippen LogP contribution in [0.4, 0.5) is 10.3 Å². The van der Waals surface area contributed by atoms with E-state index in [4.69, 9.17) is 4.98 Å². The first-order valence-electron chi connectivity index (χ1n) is 13.0. The summed E-state index contributed by atoms with van der Waals surface area (Å²) in [7, 11) is 0. The number of hydrogen-bond donors (Lipinski definition) is 1. The minimum atomic E-state index is -0.434. The zero-order valence-electron chi connectivity index (χ0n) is 22.3. The standard InChI is InChI=1S/C33H29FN4O2/c1-23-13-18-29(19-24(23)2)38-21-30(26-11-7-4-8-12-26)35-33(38)36-31(39)22-37(20-25-9-5-3-6-10-25)32(40)27-14-16-28(34)17-15-27/h3-19,21H,20,22H2,1-2H3,(H,35,36,39). The number of nitrogens with zero attached hydrogens (tertiary/aromatic N) is 3. The number of rotatable bonds is 8. The maximum Gasteiger partial charge on any atom is 0.254 e. The molecule has 0 atom stereocenters. The Morgan fingerprint density at radius 1 is 0.850 bits per heavy atom. The lowest BCUT2D eigenvalue weighted by molar-refractivity contribution is -0.117. The van der Waals surface area contributed by atoms with Gasteiger partial charge in [-0.15, -0.1) is 0 Å². The van der Waals surface area contributed by atoms with Gasteiger partial charge < -0.3 is 4.90 Å². The molecule has 2 amide bonds. The Bertz CT molecular complexity index is 1630. The Hall–Kier alpha value is -5.04. The van der Waals surface area contributed by atoms with E-state index in [0.29, 0.717) is 17.2 Å². The average molecular weight is 533 g/mol. The van der Waals surface area contributed by atoms with Crippen LogP contribution in [0.15, 0.2) is 109 Å². The summed E-state index contributed by atoms with van der Waals surface area (Å²) in [6.45, 7) is 4.08. The Morgan fingerprint density at radius 3 is 2.20 bits per heavy atom. The number of carbonyl (C=O) groups is 2. The summed E-state index contributed by atoms with van der Waals surface area (Å²) >= 11 is 0. The Labute approximate surface area is 232 Å². The van der Waals surface area contributed by atoms with Crippen LogP contribution in [0.3, 0.4) is 0 Å². The van der Waals surface area contributed by atoms with E-state index >= 15 is 0 Å². The number of carbonyl (C=O) groups excluding carboxylic acids is 2. The van der Waals surface area contributed by atoms with Crippen molar-refractivity contribution in [2.45, 2.75) is 20.4 Å². The van der Waals surface area contributed by atoms with Crippen molar-refractivity contribution in [3.63, 3.8) is 0 Å². The van der Waals surface area contributed by atoms with Gasteiger partial charge in [-0.25, -0.2) is 9.37 Å². The van der Waals surface area contributed by atoms with Gasteiger partial charge in [-0.1, -0.05) is 66.7 Å². The van der Waals surface area contributed by atoms with E-state index in [1.807, 2.05) is 103 Å². The Balaban J connectivity index is 1.45. The lowest BCUT2D eigenvalue weighted by Gasteiger charge is -2.22. The van der Waals surface area contributed by atoms with E-state index in [1.54, 1.807) is 0 Å². The van der Waals surface area contributed by atoms with Gasteiger partial charge in [-0.05, 0) is 66.9 Å². The van der Waals surface area contributed by atoms with Crippen LogP contribution in [0, 0.1) is 19.7 Å². The fourth-order valence-corrected chi connectivity index (χ4v) is 4.40. The number of amides is 2. The number of aryl methyl sites for hydroxylation is 2. The number of nitrogens with one attached hydrogen (secondary N) is 1. The van der Waals surface area contributed by atoms with Crippen molar-refractivity contribution in [1.82, 2.24) is 14.5 Å². The third kappa shape index (κ3) is 6.15. The van der Waals surface area contributed by atoms with Gasteiger partial charge in [-0.3, -0.25) is 19.5 Å². The quantitative estimate of drug-likeness (QED) is 0.246. The van der Waals surface area contributed by atoms with Gasteiger partial charge in [0.2, 0.25) is 11.9 Å². The molecule has 0 saturated heterocycles. The molecule has 0 spiro atoms. The van der Waals surface area contributed by atoms with Crippen molar-refractivity contribution in [2.24, 2.45) is 0 Å². The first-order valence-corrected chi connectivity index (χ1v) is 13.0. The van der Waals surface area contributed by atoms with Crippen molar-refractivity contribution in [2.75, 3.05) is 11.9 Å². The highest BCUT2D eigenvalue weighted by atomic mass is 19.1. The molecule has 0 radical (unpaired) electrons. The van der Waals surface area contributed by atoms with Crippen molar-refractivity contribution < 1.29 is 14.0 Å². The first kappa shape index (κ1) is 26.6. The number of halogens is 1. The molecular weight excluding hydrogens is 503 g/mol. The summed E-state index contributed by atoms with van der Waals surface area (Å²) < 4.78 is 15.3. The smallest absolute Gasteiger partial charge is 0.254 e. The fourth-order valence-electron chi connectivity index (χ4n) is 4.40. The van der Waals surface area contributed by atoms with Crippen molar-refractivity contribution in [3.05, 3.63) is 137 Å². The highest BCUT2D eigenvalue weighted by molar-refractivity contribution is 5.99. The van der Waals surface area contributed by atoms with Gasteiger partial charge in [0, 0.05) is 29.6 Å². The molecule has 1 heterocycles. The molecule has 0 bridgehead atoms. The second kappa shape index (κ2) is 11.8. The van der Waals surface area contributed by atoms with Crippen LogP contribution < -0.4 is 5.32 Å². The molecule has 0 unspecified atom stereocenters. The lowest BCUT2D eigenvalue weighted by Crippen LogP contribution is -2.38. The zero-order chi connectivity index (χ0) is 28.1. The van der Waals surface area contributed by atoms with Crippen LogP contribution in [0.1, 0.15) is 27.0 Å². The Kier molecular flexibility index (Phi) is 7.82. The molecule has 0 aliphatic rings. The number of benzene rings is 4. The lowest BCUT2D eigenvalue weighted by atomic mass is 10.1. The number of anilines is 1. The summed E-state index contributed by atoms with van der Waals surface area (Å²) in [5, 5.41) is 2.92. The molecule has 0 fully saturated rings.